The molecule has 0 aliphatic carbocycles. The topological polar surface area (TPSA) is 17.1 Å². The van der Waals surface area contributed by atoms with E-state index in [2.05, 4.69) is 13.8 Å². The molecule has 1 heterocycles. The molecule has 0 bridgehead atoms. The molecule has 0 spiro atoms. The van der Waals surface area contributed by atoms with Gasteiger partial charge in [-0.3, -0.25) is 4.79 Å². The van der Waals surface area contributed by atoms with Crippen molar-refractivity contribution in [3.8, 4) is 0 Å². The molecule has 0 aliphatic rings. The van der Waals surface area contributed by atoms with Crippen LogP contribution in [0.2, 0.25) is 0 Å². The molecule has 0 aromatic carbocycles. The molecule has 1 aromatic heterocycles. The highest BCUT2D eigenvalue weighted by Gasteiger charge is 2.11. The van der Waals surface area contributed by atoms with E-state index in [1.54, 1.807) is 11.3 Å². The lowest BCUT2D eigenvalue weighted by molar-refractivity contribution is 0.112. The fourth-order valence-electron chi connectivity index (χ4n) is 1.83. The average Bonchev–Trinajstić information content (AvgIpc) is 2.77. The van der Waals surface area contributed by atoms with Crippen molar-refractivity contribution in [2.75, 3.05) is 0 Å². The van der Waals surface area contributed by atoms with Crippen LogP contribution in [0.25, 0.3) is 0 Å². The maximum absolute atomic E-state index is 10.8. The number of carbonyl (C=O) groups is 1. The second kappa shape index (κ2) is 7.72. The van der Waals surface area contributed by atoms with Gasteiger partial charge >= 0.3 is 0 Å². The molecule has 1 aromatic rings. The standard InChI is InChI=1S/C14H20OS2/c1-3-5-6-7-8-11-9-12(10-15)17-14(11)13(16)4-2/h9-10H,3-8H2,1-2H3. The van der Waals surface area contributed by atoms with Gasteiger partial charge in [-0.25, -0.2) is 0 Å². The molecule has 17 heavy (non-hydrogen) atoms. The Morgan fingerprint density at radius 2 is 2.12 bits per heavy atom. The van der Waals surface area contributed by atoms with Crippen LogP contribution in [-0.2, 0) is 6.42 Å². The van der Waals surface area contributed by atoms with E-state index in [0.717, 1.165) is 28.9 Å². The molecule has 1 rings (SSSR count). The minimum Gasteiger partial charge on any atom is -0.297 e. The molecule has 0 atom stereocenters. The summed E-state index contributed by atoms with van der Waals surface area (Å²) >= 11 is 6.91. The van der Waals surface area contributed by atoms with E-state index in [4.69, 9.17) is 12.2 Å². The minimum atomic E-state index is 0.807. The van der Waals surface area contributed by atoms with Crippen molar-refractivity contribution in [2.45, 2.75) is 52.4 Å². The summed E-state index contributed by atoms with van der Waals surface area (Å²) < 4.78 is 0. The summed E-state index contributed by atoms with van der Waals surface area (Å²) in [6, 6.07) is 2.01. The first-order valence-electron chi connectivity index (χ1n) is 6.34. The van der Waals surface area contributed by atoms with Gasteiger partial charge in [0.15, 0.2) is 6.29 Å². The van der Waals surface area contributed by atoms with Crippen LogP contribution in [0.1, 0.15) is 66.1 Å². The molecule has 0 saturated carbocycles. The Labute approximate surface area is 113 Å². The molecule has 0 aliphatic heterocycles. The third-order valence-electron chi connectivity index (χ3n) is 2.82. The number of carbonyl (C=O) groups excluding carboxylic acids is 1. The predicted octanol–water partition coefficient (Wildman–Crippen LogP) is 4.81. The molecule has 0 unspecified atom stereocenters. The van der Waals surface area contributed by atoms with Crippen LogP contribution < -0.4 is 0 Å². The van der Waals surface area contributed by atoms with Crippen LogP contribution in [0.4, 0.5) is 0 Å². The summed E-state index contributed by atoms with van der Waals surface area (Å²) in [6.45, 7) is 4.29. The van der Waals surface area contributed by atoms with Gasteiger partial charge in [-0.1, -0.05) is 45.3 Å². The van der Waals surface area contributed by atoms with Crippen LogP contribution in [0, 0.1) is 0 Å². The Morgan fingerprint density at radius 3 is 2.71 bits per heavy atom. The van der Waals surface area contributed by atoms with Gasteiger partial charge in [-0.2, -0.15) is 0 Å². The van der Waals surface area contributed by atoms with Gasteiger partial charge in [0.25, 0.3) is 0 Å². The molecular weight excluding hydrogens is 248 g/mol. The van der Waals surface area contributed by atoms with Crippen molar-refractivity contribution < 1.29 is 4.79 Å². The van der Waals surface area contributed by atoms with Crippen LogP contribution in [0.5, 0.6) is 0 Å². The maximum Gasteiger partial charge on any atom is 0.160 e. The van der Waals surface area contributed by atoms with Gasteiger partial charge in [0.2, 0.25) is 0 Å². The van der Waals surface area contributed by atoms with Crippen molar-refractivity contribution in [2.24, 2.45) is 0 Å². The van der Waals surface area contributed by atoms with E-state index in [9.17, 15) is 4.79 Å². The van der Waals surface area contributed by atoms with Crippen LogP contribution in [0.15, 0.2) is 6.07 Å². The molecule has 94 valence electrons. The second-order valence-corrected chi connectivity index (χ2v) is 5.78. The Hall–Kier alpha value is -0.540. The number of hydrogen-bond donors (Lipinski definition) is 0. The summed E-state index contributed by atoms with van der Waals surface area (Å²) in [5.74, 6) is 0. The van der Waals surface area contributed by atoms with Gasteiger partial charge in [-0.15, -0.1) is 11.3 Å². The third kappa shape index (κ3) is 4.32. The highest BCUT2D eigenvalue weighted by molar-refractivity contribution is 7.81. The molecule has 1 nitrogen and oxygen atoms in total. The highest BCUT2D eigenvalue weighted by atomic mass is 32.1. The lowest BCUT2D eigenvalue weighted by Crippen LogP contribution is -1.96. The van der Waals surface area contributed by atoms with Gasteiger partial charge in [0.1, 0.15) is 0 Å². The van der Waals surface area contributed by atoms with Gasteiger partial charge in [-0.05, 0) is 30.9 Å². The number of thiophene rings is 1. The quantitative estimate of drug-likeness (QED) is 0.291. The molecule has 0 fully saturated rings. The van der Waals surface area contributed by atoms with Gasteiger partial charge < -0.3 is 0 Å². The van der Waals surface area contributed by atoms with Crippen LogP contribution in [0.3, 0.4) is 0 Å². The van der Waals surface area contributed by atoms with Gasteiger partial charge in [0.05, 0.1) is 4.88 Å². The van der Waals surface area contributed by atoms with Crippen molar-refractivity contribution in [3.05, 3.63) is 21.4 Å². The first-order valence-corrected chi connectivity index (χ1v) is 7.56. The van der Waals surface area contributed by atoms with Crippen molar-refractivity contribution in [3.63, 3.8) is 0 Å². The number of aldehydes is 1. The van der Waals surface area contributed by atoms with Crippen LogP contribution >= 0.6 is 23.6 Å². The minimum absolute atomic E-state index is 0.807. The van der Waals surface area contributed by atoms with E-state index in [1.165, 1.54) is 36.1 Å². The number of aryl methyl sites for hydroxylation is 1. The molecule has 0 radical (unpaired) electrons. The van der Waals surface area contributed by atoms with E-state index in [0.29, 0.717) is 0 Å². The average molecular weight is 268 g/mol. The Kier molecular flexibility index (Phi) is 6.60. The predicted molar refractivity (Wildman–Crippen MR) is 79.5 cm³/mol. The Morgan fingerprint density at radius 1 is 1.35 bits per heavy atom. The van der Waals surface area contributed by atoms with Gasteiger partial charge in [0, 0.05) is 9.74 Å². The summed E-state index contributed by atoms with van der Waals surface area (Å²) in [5.41, 5.74) is 1.28. The number of hydrogen-bond acceptors (Lipinski definition) is 3. The lowest BCUT2D eigenvalue weighted by Gasteiger charge is -2.03. The van der Waals surface area contributed by atoms with E-state index in [-0.39, 0.29) is 0 Å². The smallest absolute Gasteiger partial charge is 0.160 e. The first-order chi connectivity index (χ1) is 8.22. The molecular formula is C14H20OS2. The zero-order valence-electron chi connectivity index (χ0n) is 10.6. The lowest BCUT2D eigenvalue weighted by atomic mass is 10.0. The molecule has 0 amide bonds. The van der Waals surface area contributed by atoms with Crippen molar-refractivity contribution >= 4 is 34.7 Å². The van der Waals surface area contributed by atoms with E-state index < -0.39 is 0 Å². The van der Waals surface area contributed by atoms with E-state index >= 15 is 0 Å². The third-order valence-corrected chi connectivity index (χ3v) is 4.60. The molecule has 3 heteroatoms. The second-order valence-electron chi connectivity index (χ2n) is 4.21. The number of unbranched alkanes of at least 4 members (excludes halogenated alkanes) is 3. The Bertz CT molecular complexity index is 380. The van der Waals surface area contributed by atoms with Crippen LogP contribution in [-0.4, -0.2) is 11.2 Å². The normalized spacial score (nSPS) is 10.5. The first kappa shape index (κ1) is 14.5. The fourth-order valence-corrected chi connectivity index (χ4v) is 3.12. The zero-order valence-corrected chi connectivity index (χ0v) is 12.3. The van der Waals surface area contributed by atoms with Crippen molar-refractivity contribution in [1.29, 1.82) is 0 Å². The Balaban J connectivity index is 2.71. The summed E-state index contributed by atoms with van der Waals surface area (Å²) in [4.78, 5) is 13.8. The monoisotopic (exact) mass is 268 g/mol. The highest BCUT2D eigenvalue weighted by Crippen LogP contribution is 2.25. The fraction of sp³-hybridized carbons (Fsp3) is 0.571. The van der Waals surface area contributed by atoms with E-state index in [1.807, 2.05) is 6.07 Å². The maximum atomic E-state index is 10.8. The summed E-state index contributed by atoms with van der Waals surface area (Å²) in [7, 11) is 0. The number of rotatable bonds is 8. The molecule has 0 saturated heterocycles. The zero-order chi connectivity index (χ0) is 12.7. The summed E-state index contributed by atoms with van der Waals surface area (Å²) in [5, 5.41) is 0. The number of thiocarbonyl (C=S) groups is 1. The largest absolute Gasteiger partial charge is 0.297 e. The molecule has 0 N–H and O–H groups in total. The SMILES string of the molecule is CCCCCCc1cc(C=O)sc1C(=S)CC. The summed E-state index contributed by atoms with van der Waals surface area (Å²) in [6.07, 6.45) is 7.88. The van der Waals surface area contributed by atoms with Crippen molar-refractivity contribution in [1.82, 2.24) is 0 Å².